The number of amides is 1. The van der Waals surface area contributed by atoms with Gasteiger partial charge in [0.15, 0.2) is 5.43 Å². The standard InChI is InChI=1S/C20H20N2O2/c1-13-10-14(2)20(15(3)11-13)21-19(24)12-22-9-8-18(23)16-6-4-5-7-17(16)22/h4-11H,12H2,1-3H3,(H,21,24). The summed E-state index contributed by atoms with van der Waals surface area (Å²) in [7, 11) is 0. The van der Waals surface area contributed by atoms with E-state index in [9.17, 15) is 9.59 Å². The number of carbonyl (C=O) groups excluding carboxylic acids is 1. The Morgan fingerprint density at radius 1 is 1.04 bits per heavy atom. The van der Waals surface area contributed by atoms with Crippen molar-refractivity contribution in [2.45, 2.75) is 27.3 Å². The molecule has 0 atom stereocenters. The molecule has 0 unspecified atom stereocenters. The first-order valence-corrected chi connectivity index (χ1v) is 7.91. The summed E-state index contributed by atoms with van der Waals surface area (Å²) in [5.41, 5.74) is 4.85. The van der Waals surface area contributed by atoms with Crippen molar-refractivity contribution in [2.24, 2.45) is 0 Å². The van der Waals surface area contributed by atoms with E-state index >= 15 is 0 Å². The summed E-state index contributed by atoms with van der Waals surface area (Å²) in [4.78, 5) is 24.4. The maximum absolute atomic E-state index is 12.5. The van der Waals surface area contributed by atoms with Crippen molar-refractivity contribution >= 4 is 22.5 Å². The van der Waals surface area contributed by atoms with Crippen LogP contribution in [-0.2, 0) is 11.3 Å². The SMILES string of the molecule is Cc1cc(C)c(NC(=O)Cn2ccc(=O)c3ccccc32)c(C)c1. The molecule has 2 aromatic carbocycles. The predicted molar refractivity (Wildman–Crippen MR) is 97.5 cm³/mol. The topological polar surface area (TPSA) is 51.1 Å². The molecule has 0 aliphatic rings. The summed E-state index contributed by atoms with van der Waals surface area (Å²) < 4.78 is 1.80. The van der Waals surface area contributed by atoms with Crippen LogP contribution in [0.3, 0.4) is 0 Å². The van der Waals surface area contributed by atoms with Crippen LogP contribution in [-0.4, -0.2) is 10.5 Å². The molecule has 24 heavy (non-hydrogen) atoms. The van der Waals surface area contributed by atoms with Crippen molar-refractivity contribution < 1.29 is 4.79 Å². The molecular weight excluding hydrogens is 300 g/mol. The molecule has 0 saturated heterocycles. The van der Waals surface area contributed by atoms with Crippen molar-refractivity contribution in [1.82, 2.24) is 4.57 Å². The maximum Gasteiger partial charge on any atom is 0.244 e. The summed E-state index contributed by atoms with van der Waals surface area (Å²) in [6.45, 7) is 6.18. The first kappa shape index (κ1) is 16.0. The number of benzene rings is 2. The van der Waals surface area contributed by atoms with Gasteiger partial charge in [0.05, 0.1) is 5.52 Å². The highest BCUT2D eigenvalue weighted by molar-refractivity contribution is 5.93. The fourth-order valence-corrected chi connectivity index (χ4v) is 3.11. The van der Waals surface area contributed by atoms with E-state index in [0.717, 1.165) is 22.3 Å². The van der Waals surface area contributed by atoms with E-state index in [1.54, 1.807) is 16.8 Å². The summed E-state index contributed by atoms with van der Waals surface area (Å²) in [5, 5.41) is 3.62. The van der Waals surface area contributed by atoms with Crippen molar-refractivity contribution in [3.8, 4) is 0 Å². The van der Waals surface area contributed by atoms with Crippen LogP contribution in [0.15, 0.2) is 53.5 Å². The zero-order chi connectivity index (χ0) is 17.3. The minimum Gasteiger partial charge on any atom is -0.338 e. The minimum absolute atomic E-state index is 0.0347. The molecule has 1 heterocycles. The number of pyridine rings is 1. The van der Waals surface area contributed by atoms with Crippen LogP contribution in [0.4, 0.5) is 5.69 Å². The number of aromatic nitrogens is 1. The van der Waals surface area contributed by atoms with Gasteiger partial charge in [0.25, 0.3) is 0 Å². The van der Waals surface area contributed by atoms with E-state index in [2.05, 4.69) is 17.4 Å². The van der Waals surface area contributed by atoms with Gasteiger partial charge in [-0.1, -0.05) is 29.8 Å². The van der Waals surface area contributed by atoms with Crippen LogP contribution in [0.1, 0.15) is 16.7 Å². The zero-order valence-corrected chi connectivity index (χ0v) is 14.1. The molecule has 0 fully saturated rings. The summed E-state index contributed by atoms with van der Waals surface area (Å²) in [5.74, 6) is -0.112. The van der Waals surface area contributed by atoms with Crippen LogP contribution in [0.5, 0.6) is 0 Å². The van der Waals surface area contributed by atoms with Gasteiger partial charge in [0, 0.05) is 23.3 Å². The lowest BCUT2D eigenvalue weighted by molar-refractivity contribution is -0.116. The third-order valence-corrected chi connectivity index (χ3v) is 4.14. The average Bonchev–Trinajstić information content (AvgIpc) is 2.54. The second-order valence-corrected chi connectivity index (χ2v) is 6.15. The lowest BCUT2D eigenvalue weighted by Crippen LogP contribution is -2.21. The number of anilines is 1. The lowest BCUT2D eigenvalue weighted by Gasteiger charge is -2.15. The van der Waals surface area contributed by atoms with Crippen molar-refractivity contribution in [3.63, 3.8) is 0 Å². The monoisotopic (exact) mass is 320 g/mol. The number of carbonyl (C=O) groups is 1. The molecule has 3 aromatic rings. The Balaban J connectivity index is 1.89. The molecule has 0 aliphatic carbocycles. The van der Waals surface area contributed by atoms with Gasteiger partial charge in [-0.25, -0.2) is 0 Å². The number of hydrogen-bond acceptors (Lipinski definition) is 2. The fraction of sp³-hybridized carbons (Fsp3) is 0.200. The third-order valence-electron chi connectivity index (χ3n) is 4.14. The largest absolute Gasteiger partial charge is 0.338 e. The van der Waals surface area contributed by atoms with Gasteiger partial charge in [0.2, 0.25) is 5.91 Å². The Bertz CT molecular complexity index is 963. The van der Waals surface area contributed by atoms with Crippen LogP contribution >= 0.6 is 0 Å². The molecule has 4 heteroatoms. The number of rotatable bonds is 3. The second-order valence-electron chi connectivity index (χ2n) is 6.15. The van der Waals surface area contributed by atoms with E-state index in [1.807, 2.05) is 39.0 Å². The number of para-hydroxylation sites is 1. The average molecular weight is 320 g/mol. The summed E-state index contributed by atoms with van der Waals surface area (Å²) >= 11 is 0. The normalized spacial score (nSPS) is 10.8. The van der Waals surface area contributed by atoms with Crippen molar-refractivity contribution in [1.29, 1.82) is 0 Å². The molecule has 0 spiro atoms. The van der Waals surface area contributed by atoms with Crippen LogP contribution in [0.2, 0.25) is 0 Å². The molecule has 0 radical (unpaired) electrons. The van der Waals surface area contributed by atoms with Gasteiger partial charge in [0.1, 0.15) is 6.54 Å². The van der Waals surface area contributed by atoms with Crippen molar-refractivity contribution in [2.75, 3.05) is 5.32 Å². The fourth-order valence-electron chi connectivity index (χ4n) is 3.11. The third kappa shape index (κ3) is 3.08. The lowest BCUT2D eigenvalue weighted by atomic mass is 10.1. The van der Waals surface area contributed by atoms with Crippen molar-refractivity contribution in [3.05, 3.63) is 75.6 Å². The van der Waals surface area contributed by atoms with Crippen LogP contribution < -0.4 is 10.7 Å². The molecule has 0 aliphatic heterocycles. The van der Waals surface area contributed by atoms with E-state index in [-0.39, 0.29) is 17.9 Å². The molecule has 0 saturated carbocycles. The molecular formula is C20H20N2O2. The number of nitrogens with zero attached hydrogens (tertiary/aromatic N) is 1. The summed E-state index contributed by atoms with van der Waals surface area (Å²) in [6, 6.07) is 12.9. The molecule has 1 N–H and O–H groups in total. The molecule has 3 rings (SSSR count). The van der Waals surface area contributed by atoms with E-state index in [4.69, 9.17) is 0 Å². The Kier molecular flexibility index (Phi) is 4.21. The number of aryl methyl sites for hydroxylation is 3. The molecule has 1 amide bonds. The van der Waals surface area contributed by atoms with Crippen LogP contribution in [0, 0.1) is 20.8 Å². The van der Waals surface area contributed by atoms with Gasteiger partial charge in [-0.05, 0) is 44.0 Å². The highest BCUT2D eigenvalue weighted by Gasteiger charge is 2.10. The minimum atomic E-state index is -0.112. The number of hydrogen-bond donors (Lipinski definition) is 1. The molecule has 122 valence electrons. The Labute approximate surface area is 140 Å². The van der Waals surface area contributed by atoms with Gasteiger partial charge in [-0.15, -0.1) is 0 Å². The first-order chi connectivity index (χ1) is 11.5. The van der Waals surface area contributed by atoms with Gasteiger partial charge in [-0.3, -0.25) is 9.59 Å². The van der Waals surface area contributed by atoms with Gasteiger partial charge in [-0.2, -0.15) is 0 Å². The Morgan fingerprint density at radius 2 is 1.71 bits per heavy atom. The quantitative estimate of drug-likeness (QED) is 0.802. The first-order valence-electron chi connectivity index (χ1n) is 7.91. The van der Waals surface area contributed by atoms with E-state index in [0.29, 0.717) is 5.39 Å². The Morgan fingerprint density at radius 3 is 2.42 bits per heavy atom. The molecule has 4 nitrogen and oxygen atoms in total. The summed E-state index contributed by atoms with van der Waals surface area (Å²) in [6.07, 6.45) is 1.67. The number of fused-ring (bicyclic) bond motifs is 1. The predicted octanol–water partition coefficient (Wildman–Crippen LogP) is 3.57. The van der Waals surface area contributed by atoms with E-state index < -0.39 is 0 Å². The van der Waals surface area contributed by atoms with Gasteiger partial charge < -0.3 is 9.88 Å². The highest BCUT2D eigenvalue weighted by Crippen LogP contribution is 2.22. The number of nitrogens with one attached hydrogen (secondary N) is 1. The maximum atomic E-state index is 12.5. The Hall–Kier alpha value is -2.88. The second kappa shape index (κ2) is 6.32. The highest BCUT2D eigenvalue weighted by atomic mass is 16.2. The van der Waals surface area contributed by atoms with Gasteiger partial charge >= 0.3 is 0 Å². The molecule has 1 aromatic heterocycles. The molecule has 0 bridgehead atoms. The smallest absolute Gasteiger partial charge is 0.244 e. The van der Waals surface area contributed by atoms with Crippen LogP contribution in [0.25, 0.3) is 10.9 Å². The zero-order valence-electron chi connectivity index (χ0n) is 14.1. The van der Waals surface area contributed by atoms with E-state index in [1.165, 1.54) is 11.6 Å².